The van der Waals surface area contributed by atoms with Gasteiger partial charge in [-0.3, -0.25) is 0 Å². The molecule has 212 valence electrons. The van der Waals surface area contributed by atoms with Crippen molar-refractivity contribution in [3.8, 4) is 0 Å². The molecule has 0 amide bonds. The summed E-state index contributed by atoms with van der Waals surface area (Å²) in [5.41, 5.74) is 15.6. The van der Waals surface area contributed by atoms with Crippen LogP contribution in [0.2, 0.25) is 0 Å². The van der Waals surface area contributed by atoms with Crippen molar-refractivity contribution in [2.45, 2.75) is 17.3 Å². The van der Waals surface area contributed by atoms with Crippen molar-refractivity contribution in [1.82, 2.24) is 0 Å². The van der Waals surface area contributed by atoms with Crippen LogP contribution in [0.1, 0.15) is 16.7 Å². The molecule has 3 rings (SSSR count). The maximum absolute atomic E-state index is 8.55. The highest BCUT2D eigenvalue weighted by atomic mass is 32.2. The first kappa shape index (κ1) is 36.7. The predicted molar refractivity (Wildman–Crippen MR) is 159 cm³/mol. The Morgan fingerprint density at radius 3 is 0.895 bits per heavy atom. The third-order valence-corrected chi connectivity index (χ3v) is 7.55. The van der Waals surface area contributed by atoms with E-state index in [2.05, 4.69) is 108 Å². The summed E-state index contributed by atoms with van der Waals surface area (Å²) in [6, 6.07) is 31.6. The van der Waals surface area contributed by atoms with Crippen LogP contribution >= 0.6 is 43.1 Å². The van der Waals surface area contributed by atoms with E-state index in [1.807, 2.05) is 35.3 Å². The molecule has 38 heavy (non-hydrogen) atoms. The van der Waals surface area contributed by atoms with Gasteiger partial charge in [0, 0.05) is 34.5 Å². The average Bonchev–Trinajstić information content (AvgIpc) is 2.91. The average molecular weight is 600 g/mol. The molecule has 0 heterocycles. The van der Waals surface area contributed by atoms with Crippen molar-refractivity contribution in [2.75, 3.05) is 36.9 Å². The SMILES string of the molecule is O=P([O-])([O-])[O-].[NH3+]CCSCc1ccccc1.[NH3+]CCSCc1ccccc1.[NH3+]CCSCc1ccccc1. The number of benzene rings is 3. The molecule has 0 saturated carbocycles. The first-order chi connectivity index (χ1) is 18.3. The minimum atomic E-state index is -5.39. The Hall–Kier alpha value is -1.30. The molecule has 0 unspecified atom stereocenters. The predicted octanol–water partition coefficient (Wildman–Crippen LogP) is 0.661. The van der Waals surface area contributed by atoms with Crippen molar-refractivity contribution in [1.29, 1.82) is 0 Å². The van der Waals surface area contributed by atoms with Crippen molar-refractivity contribution in [3.05, 3.63) is 108 Å². The minimum Gasteiger partial charge on any atom is -0.822 e. The zero-order chi connectivity index (χ0) is 28.3. The molecule has 0 bridgehead atoms. The Labute approximate surface area is 240 Å². The van der Waals surface area contributed by atoms with Crippen molar-refractivity contribution in [2.24, 2.45) is 0 Å². The van der Waals surface area contributed by atoms with Crippen molar-refractivity contribution in [3.63, 3.8) is 0 Å². The van der Waals surface area contributed by atoms with Gasteiger partial charge in [0.1, 0.15) is 0 Å². The maximum Gasteiger partial charge on any atom is 0.0831 e. The van der Waals surface area contributed by atoms with Gasteiger partial charge in [-0.25, -0.2) is 0 Å². The lowest BCUT2D eigenvalue weighted by Gasteiger charge is -2.36. The Bertz CT molecular complexity index is 824. The fourth-order valence-corrected chi connectivity index (χ4v) is 4.93. The smallest absolute Gasteiger partial charge is 0.0831 e. The highest BCUT2D eigenvalue weighted by Crippen LogP contribution is 2.11. The Morgan fingerprint density at radius 2 is 0.711 bits per heavy atom. The molecule has 7 nitrogen and oxygen atoms in total. The summed E-state index contributed by atoms with van der Waals surface area (Å²) in [6.07, 6.45) is 0. The molecule has 0 atom stereocenters. The quantitative estimate of drug-likeness (QED) is 0.203. The zero-order valence-electron chi connectivity index (χ0n) is 22.0. The van der Waals surface area contributed by atoms with Gasteiger partial charge in [0.05, 0.1) is 19.6 Å². The van der Waals surface area contributed by atoms with E-state index in [-0.39, 0.29) is 0 Å². The van der Waals surface area contributed by atoms with Crippen molar-refractivity contribution >= 4 is 43.1 Å². The molecule has 0 aliphatic carbocycles. The number of hydrogen-bond donors (Lipinski definition) is 3. The van der Waals surface area contributed by atoms with Gasteiger partial charge in [-0.15, -0.1) is 0 Å². The third kappa shape index (κ3) is 27.7. The molecular formula is C27H42N3O4PS3. The summed E-state index contributed by atoms with van der Waals surface area (Å²) in [5, 5.41) is 0. The summed E-state index contributed by atoms with van der Waals surface area (Å²) < 4.78 is 8.55. The molecule has 0 aromatic heterocycles. The van der Waals surface area contributed by atoms with E-state index >= 15 is 0 Å². The van der Waals surface area contributed by atoms with Gasteiger partial charge in [0.2, 0.25) is 0 Å². The minimum absolute atomic E-state index is 1.03. The summed E-state index contributed by atoms with van der Waals surface area (Å²) >= 11 is 5.83. The number of rotatable bonds is 12. The Kier molecular flexibility index (Phi) is 25.1. The second-order valence-electron chi connectivity index (χ2n) is 7.62. The van der Waals surface area contributed by atoms with Crippen LogP contribution in [0.3, 0.4) is 0 Å². The van der Waals surface area contributed by atoms with E-state index in [4.69, 9.17) is 19.2 Å². The molecular weight excluding hydrogens is 557 g/mol. The lowest BCUT2D eigenvalue weighted by atomic mass is 10.2. The number of thioether (sulfide) groups is 3. The van der Waals surface area contributed by atoms with E-state index in [9.17, 15) is 0 Å². The monoisotopic (exact) mass is 599 g/mol. The molecule has 0 saturated heterocycles. The van der Waals surface area contributed by atoms with E-state index in [0.29, 0.717) is 0 Å². The van der Waals surface area contributed by atoms with Gasteiger partial charge in [-0.2, -0.15) is 43.1 Å². The number of hydrogen-bond acceptors (Lipinski definition) is 7. The van der Waals surface area contributed by atoms with E-state index in [1.165, 1.54) is 16.7 Å². The third-order valence-electron chi connectivity index (χ3n) is 4.20. The highest BCUT2D eigenvalue weighted by molar-refractivity contribution is 7.98. The largest absolute Gasteiger partial charge is 0.822 e. The fourth-order valence-electron chi connectivity index (χ4n) is 2.60. The topological polar surface area (TPSA) is 169 Å². The van der Waals surface area contributed by atoms with Gasteiger partial charge in [0.15, 0.2) is 0 Å². The number of quaternary nitrogens is 3. The molecule has 3 aromatic rings. The van der Waals surface area contributed by atoms with Crippen LogP contribution in [0.4, 0.5) is 0 Å². The molecule has 9 N–H and O–H groups in total. The summed E-state index contributed by atoms with van der Waals surface area (Å²) in [6.45, 7) is 3.08. The highest BCUT2D eigenvalue weighted by Gasteiger charge is 1.92. The fraction of sp³-hybridized carbons (Fsp3) is 0.333. The van der Waals surface area contributed by atoms with Crippen LogP contribution in [0.25, 0.3) is 0 Å². The van der Waals surface area contributed by atoms with Crippen LogP contribution in [-0.2, 0) is 21.8 Å². The number of phosphoric acid groups is 1. The van der Waals surface area contributed by atoms with Gasteiger partial charge in [-0.05, 0) is 16.7 Å². The van der Waals surface area contributed by atoms with Crippen LogP contribution in [0, 0.1) is 0 Å². The molecule has 0 aliphatic heterocycles. The van der Waals surface area contributed by atoms with E-state index in [0.717, 1.165) is 54.2 Å². The zero-order valence-corrected chi connectivity index (χ0v) is 25.3. The normalized spacial score (nSPS) is 10.2. The van der Waals surface area contributed by atoms with Gasteiger partial charge < -0.3 is 36.4 Å². The summed E-state index contributed by atoms with van der Waals surface area (Å²) in [4.78, 5) is 25.6. The van der Waals surface area contributed by atoms with Gasteiger partial charge in [0.25, 0.3) is 0 Å². The van der Waals surface area contributed by atoms with Crippen LogP contribution < -0.4 is 31.9 Å². The van der Waals surface area contributed by atoms with Crippen molar-refractivity contribution < 1.29 is 36.4 Å². The second kappa shape index (κ2) is 26.0. The Morgan fingerprint density at radius 1 is 0.500 bits per heavy atom. The van der Waals surface area contributed by atoms with Gasteiger partial charge in [-0.1, -0.05) is 91.0 Å². The second-order valence-corrected chi connectivity index (χ2v) is 11.8. The molecule has 11 heteroatoms. The molecule has 0 aliphatic rings. The summed E-state index contributed by atoms with van der Waals surface area (Å²) in [5.74, 6) is 6.85. The molecule has 0 radical (unpaired) electrons. The molecule has 0 spiro atoms. The first-order valence-corrected chi connectivity index (χ1v) is 17.2. The standard InChI is InChI=1S/3C9H13NS.H3O4P/c3*10-6-7-11-8-9-4-2-1-3-5-9;1-5(2,3)4/h3*1-5H,6-8,10H2;(H3,1,2,3,4). The van der Waals surface area contributed by atoms with Crippen LogP contribution in [0.5, 0.6) is 0 Å². The maximum atomic E-state index is 8.55. The molecule has 3 aromatic carbocycles. The molecule has 0 fully saturated rings. The summed E-state index contributed by atoms with van der Waals surface area (Å²) in [7, 11) is -5.39. The first-order valence-electron chi connectivity index (χ1n) is 12.3. The van der Waals surface area contributed by atoms with Crippen LogP contribution in [-0.4, -0.2) is 36.9 Å². The lowest BCUT2D eigenvalue weighted by molar-refractivity contribution is -0.432. The van der Waals surface area contributed by atoms with Crippen LogP contribution in [0.15, 0.2) is 91.0 Å². The lowest BCUT2D eigenvalue weighted by Crippen LogP contribution is -2.51. The Balaban J connectivity index is 0.000000497. The van der Waals surface area contributed by atoms with E-state index < -0.39 is 7.82 Å². The van der Waals surface area contributed by atoms with Gasteiger partial charge >= 0.3 is 0 Å². The van der Waals surface area contributed by atoms with E-state index in [1.54, 1.807) is 0 Å².